The molecule has 0 unspecified atom stereocenters. The van der Waals surface area contributed by atoms with Crippen LogP contribution in [0.25, 0.3) is 0 Å². The van der Waals surface area contributed by atoms with Crippen LogP contribution in [0.1, 0.15) is 10.4 Å². The predicted octanol–water partition coefficient (Wildman–Crippen LogP) is 2.05. The summed E-state index contributed by atoms with van der Waals surface area (Å²) in [6.45, 7) is 4.23. The molecule has 0 aromatic heterocycles. The quantitative estimate of drug-likeness (QED) is 0.402. The number of benzene rings is 1. The molecule has 0 saturated carbocycles. The van der Waals surface area contributed by atoms with Gasteiger partial charge in [-0.3, -0.25) is 4.79 Å². The predicted molar refractivity (Wildman–Crippen MR) is 60.0 cm³/mol. The van der Waals surface area contributed by atoms with Gasteiger partial charge in [-0.25, -0.2) is 0 Å². The van der Waals surface area contributed by atoms with Crippen LogP contribution in [-0.4, -0.2) is 26.6 Å². The van der Waals surface area contributed by atoms with E-state index in [1.54, 1.807) is 18.2 Å². The molecule has 0 heterocycles. The van der Waals surface area contributed by atoms with Gasteiger partial charge in [-0.1, -0.05) is 6.58 Å². The second-order valence-electron chi connectivity index (χ2n) is 2.91. The van der Waals surface area contributed by atoms with E-state index in [1.807, 2.05) is 0 Å². The van der Waals surface area contributed by atoms with E-state index in [2.05, 4.69) is 6.58 Å². The highest BCUT2D eigenvalue weighted by atomic mass is 16.5. The Balaban J connectivity index is 2.64. The van der Waals surface area contributed by atoms with Crippen molar-refractivity contribution >= 4 is 6.29 Å². The topological polar surface area (TPSA) is 44.8 Å². The Morgan fingerprint density at radius 1 is 1.31 bits per heavy atom. The zero-order chi connectivity index (χ0) is 11.8. The van der Waals surface area contributed by atoms with Crippen LogP contribution in [0.2, 0.25) is 0 Å². The summed E-state index contributed by atoms with van der Waals surface area (Å²) >= 11 is 0. The Morgan fingerprint density at radius 2 is 2.12 bits per heavy atom. The van der Waals surface area contributed by atoms with Crippen molar-refractivity contribution in [1.29, 1.82) is 0 Å². The van der Waals surface area contributed by atoms with Crippen molar-refractivity contribution in [3.05, 3.63) is 36.6 Å². The molecule has 4 heteroatoms. The van der Waals surface area contributed by atoms with Crippen molar-refractivity contribution in [3.8, 4) is 11.5 Å². The molecule has 0 radical (unpaired) electrons. The van der Waals surface area contributed by atoms with Gasteiger partial charge in [0.1, 0.15) is 19.5 Å². The van der Waals surface area contributed by atoms with Crippen LogP contribution in [0.4, 0.5) is 0 Å². The van der Waals surface area contributed by atoms with Crippen molar-refractivity contribution in [2.24, 2.45) is 0 Å². The fraction of sp³-hybridized carbons (Fsp3) is 0.250. The van der Waals surface area contributed by atoms with E-state index in [0.29, 0.717) is 30.3 Å². The van der Waals surface area contributed by atoms with Crippen LogP contribution in [0, 0.1) is 0 Å². The minimum Gasteiger partial charge on any atom is -0.498 e. The number of hydrogen-bond acceptors (Lipinski definition) is 4. The zero-order valence-electron chi connectivity index (χ0n) is 9.14. The lowest BCUT2D eigenvalue weighted by Crippen LogP contribution is -2.05. The van der Waals surface area contributed by atoms with Gasteiger partial charge in [0.15, 0.2) is 11.5 Å². The summed E-state index contributed by atoms with van der Waals surface area (Å²) in [6, 6.07) is 4.98. The molecule has 0 atom stereocenters. The average molecular weight is 222 g/mol. The van der Waals surface area contributed by atoms with Gasteiger partial charge in [0.2, 0.25) is 0 Å². The molecule has 4 nitrogen and oxygen atoms in total. The summed E-state index contributed by atoms with van der Waals surface area (Å²) < 4.78 is 15.4. The van der Waals surface area contributed by atoms with Crippen molar-refractivity contribution in [2.75, 3.05) is 20.3 Å². The first-order valence-corrected chi connectivity index (χ1v) is 4.80. The second kappa shape index (κ2) is 6.50. The fourth-order valence-electron chi connectivity index (χ4n) is 1.16. The lowest BCUT2D eigenvalue weighted by molar-refractivity contribution is 0.112. The van der Waals surface area contributed by atoms with E-state index in [-0.39, 0.29) is 0 Å². The molecule has 0 N–H and O–H groups in total. The summed E-state index contributed by atoms with van der Waals surface area (Å²) in [6.07, 6.45) is 2.11. The highest BCUT2D eigenvalue weighted by Crippen LogP contribution is 2.27. The largest absolute Gasteiger partial charge is 0.498 e. The average Bonchev–Trinajstić information content (AvgIpc) is 2.34. The van der Waals surface area contributed by atoms with Gasteiger partial charge in [0, 0.05) is 5.56 Å². The van der Waals surface area contributed by atoms with Crippen LogP contribution < -0.4 is 9.47 Å². The van der Waals surface area contributed by atoms with Gasteiger partial charge >= 0.3 is 0 Å². The highest BCUT2D eigenvalue weighted by Gasteiger charge is 2.04. The summed E-state index contributed by atoms with van der Waals surface area (Å²) in [5, 5.41) is 0. The van der Waals surface area contributed by atoms with Crippen LogP contribution in [0.5, 0.6) is 11.5 Å². The first-order valence-electron chi connectivity index (χ1n) is 4.80. The molecule has 0 aliphatic heterocycles. The third kappa shape index (κ3) is 3.31. The number of carbonyl (C=O) groups is 1. The lowest BCUT2D eigenvalue weighted by Gasteiger charge is -2.10. The maximum absolute atomic E-state index is 10.6. The van der Waals surface area contributed by atoms with E-state index in [0.717, 1.165) is 6.29 Å². The minimum atomic E-state index is 0.392. The normalized spacial score (nSPS) is 9.31. The van der Waals surface area contributed by atoms with Crippen molar-refractivity contribution in [1.82, 2.24) is 0 Å². The number of methoxy groups -OCH3 is 1. The SMILES string of the molecule is C=COCCOc1ccc(C=O)cc1OC. The van der Waals surface area contributed by atoms with Crippen molar-refractivity contribution < 1.29 is 19.0 Å². The standard InChI is InChI=1S/C12H14O4/c1-3-15-6-7-16-11-5-4-10(9-13)8-12(11)14-2/h3-5,8-9H,1,6-7H2,2H3. The molecule has 1 aromatic carbocycles. The van der Waals surface area contributed by atoms with Gasteiger partial charge in [-0.2, -0.15) is 0 Å². The number of rotatable bonds is 7. The van der Waals surface area contributed by atoms with Crippen molar-refractivity contribution in [3.63, 3.8) is 0 Å². The lowest BCUT2D eigenvalue weighted by atomic mass is 10.2. The van der Waals surface area contributed by atoms with Gasteiger partial charge in [0.05, 0.1) is 13.4 Å². The molecule has 0 amide bonds. The first-order chi connectivity index (χ1) is 7.81. The molecule has 0 saturated heterocycles. The van der Waals surface area contributed by atoms with Crippen LogP contribution >= 0.6 is 0 Å². The molecule has 16 heavy (non-hydrogen) atoms. The molecule has 0 spiro atoms. The fourth-order valence-corrected chi connectivity index (χ4v) is 1.16. The summed E-state index contributed by atoms with van der Waals surface area (Å²) in [5.41, 5.74) is 0.548. The molecule has 1 rings (SSSR count). The van der Waals surface area contributed by atoms with Gasteiger partial charge in [-0.15, -0.1) is 0 Å². The molecule has 0 fully saturated rings. The molecule has 0 aliphatic rings. The van der Waals surface area contributed by atoms with Gasteiger partial charge in [0.25, 0.3) is 0 Å². The molecular weight excluding hydrogens is 208 g/mol. The Labute approximate surface area is 94.4 Å². The Kier molecular flexibility index (Phi) is 4.92. The van der Waals surface area contributed by atoms with Crippen LogP contribution in [-0.2, 0) is 4.74 Å². The first kappa shape index (κ1) is 12.1. The summed E-state index contributed by atoms with van der Waals surface area (Å²) in [5.74, 6) is 1.11. The van der Waals surface area contributed by atoms with Gasteiger partial charge < -0.3 is 14.2 Å². The van der Waals surface area contributed by atoms with Gasteiger partial charge in [-0.05, 0) is 18.2 Å². The molecule has 86 valence electrons. The second-order valence-corrected chi connectivity index (χ2v) is 2.91. The maximum atomic E-state index is 10.6. The van der Waals surface area contributed by atoms with Crippen LogP contribution in [0.15, 0.2) is 31.0 Å². The van der Waals surface area contributed by atoms with E-state index >= 15 is 0 Å². The number of aldehydes is 1. The zero-order valence-corrected chi connectivity index (χ0v) is 9.14. The smallest absolute Gasteiger partial charge is 0.161 e. The molecule has 1 aromatic rings. The molecule has 0 aliphatic carbocycles. The number of ether oxygens (including phenoxy) is 3. The Morgan fingerprint density at radius 3 is 2.75 bits per heavy atom. The van der Waals surface area contributed by atoms with E-state index in [9.17, 15) is 4.79 Å². The number of carbonyl (C=O) groups excluding carboxylic acids is 1. The molecule has 0 bridgehead atoms. The Hall–Kier alpha value is -1.97. The third-order valence-corrected chi connectivity index (χ3v) is 1.90. The summed E-state index contributed by atoms with van der Waals surface area (Å²) in [4.78, 5) is 10.6. The number of hydrogen-bond donors (Lipinski definition) is 0. The maximum Gasteiger partial charge on any atom is 0.161 e. The van der Waals surface area contributed by atoms with E-state index in [4.69, 9.17) is 14.2 Å². The van der Waals surface area contributed by atoms with E-state index in [1.165, 1.54) is 13.4 Å². The third-order valence-electron chi connectivity index (χ3n) is 1.90. The van der Waals surface area contributed by atoms with Crippen molar-refractivity contribution in [2.45, 2.75) is 0 Å². The van der Waals surface area contributed by atoms with E-state index < -0.39 is 0 Å². The monoisotopic (exact) mass is 222 g/mol. The minimum absolute atomic E-state index is 0.392. The Bertz CT molecular complexity index is 360. The summed E-state index contributed by atoms with van der Waals surface area (Å²) in [7, 11) is 1.52. The molecular formula is C12H14O4. The van der Waals surface area contributed by atoms with Crippen LogP contribution in [0.3, 0.4) is 0 Å². The highest BCUT2D eigenvalue weighted by molar-refractivity contribution is 5.76.